The first kappa shape index (κ1) is 21.3. The van der Waals surface area contributed by atoms with Crippen molar-refractivity contribution in [3.05, 3.63) is 34.1 Å². The van der Waals surface area contributed by atoms with Crippen LogP contribution in [0.5, 0.6) is 0 Å². The van der Waals surface area contributed by atoms with Gasteiger partial charge in [-0.25, -0.2) is 4.39 Å². The van der Waals surface area contributed by atoms with Crippen LogP contribution in [-0.2, 0) is 20.9 Å². The molecule has 2 amide bonds. The Morgan fingerprint density at radius 1 is 1.26 bits per heavy atom. The highest BCUT2D eigenvalue weighted by Crippen LogP contribution is 2.59. The first-order valence-electron chi connectivity index (χ1n) is 11.2. The van der Waals surface area contributed by atoms with Crippen LogP contribution < -0.4 is 11.1 Å². The SMILES string of the molecule is NC(=O)C12CC3CC(C1)C(NC(=O)[C@H]1CN(Cc4ccc(F)cc4Br)CCO1)C(C3)C2. The normalized spacial score (nSPS) is 37.0. The number of hydrogen-bond donors (Lipinski definition) is 2. The molecule has 0 radical (unpaired) electrons. The highest BCUT2D eigenvalue weighted by molar-refractivity contribution is 9.10. The summed E-state index contributed by atoms with van der Waals surface area (Å²) in [6.45, 7) is 2.35. The van der Waals surface area contributed by atoms with Gasteiger partial charge in [-0.2, -0.15) is 0 Å². The zero-order valence-electron chi connectivity index (χ0n) is 17.5. The third-order valence-electron chi connectivity index (χ3n) is 7.96. The summed E-state index contributed by atoms with van der Waals surface area (Å²) >= 11 is 3.42. The number of nitrogens with two attached hydrogens (primary N) is 1. The molecule has 1 heterocycles. The van der Waals surface area contributed by atoms with Crippen LogP contribution in [-0.4, -0.2) is 48.6 Å². The van der Waals surface area contributed by atoms with E-state index < -0.39 is 6.10 Å². The summed E-state index contributed by atoms with van der Waals surface area (Å²) in [5, 5.41) is 3.29. The predicted octanol–water partition coefficient (Wildman–Crippen LogP) is 2.59. The Kier molecular flexibility index (Phi) is 5.59. The van der Waals surface area contributed by atoms with Gasteiger partial charge in [0.1, 0.15) is 11.9 Å². The van der Waals surface area contributed by atoms with Gasteiger partial charge in [0.05, 0.1) is 6.61 Å². The number of rotatable bonds is 5. The minimum Gasteiger partial charge on any atom is -0.369 e. The van der Waals surface area contributed by atoms with E-state index in [0.29, 0.717) is 37.5 Å². The zero-order chi connectivity index (χ0) is 21.8. The Balaban J connectivity index is 1.21. The molecule has 8 heteroatoms. The number of carbonyl (C=O) groups is 2. The fourth-order valence-corrected chi connectivity index (χ4v) is 7.19. The molecule has 1 aromatic carbocycles. The zero-order valence-corrected chi connectivity index (χ0v) is 19.1. The molecule has 1 aliphatic heterocycles. The number of ether oxygens (including phenoxy) is 1. The second-order valence-corrected chi connectivity index (χ2v) is 10.8. The van der Waals surface area contributed by atoms with E-state index in [-0.39, 0.29) is 29.1 Å². The lowest BCUT2D eigenvalue weighted by Gasteiger charge is -2.59. The average molecular weight is 494 g/mol. The second-order valence-electron chi connectivity index (χ2n) is 9.98. The number of hydrogen-bond acceptors (Lipinski definition) is 4. The molecule has 5 aliphatic rings. The van der Waals surface area contributed by atoms with Crippen LogP contribution in [0.2, 0.25) is 0 Å². The Hall–Kier alpha value is -1.51. The molecule has 5 fully saturated rings. The van der Waals surface area contributed by atoms with Gasteiger partial charge in [0, 0.05) is 35.6 Å². The van der Waals surface area contributed by atoms with Crippen molar-refractivity contribution in [3.8, 4) is 0 Å². The third-order valence-corrected chi connectivity index (χ3v) is 8.70. The van der Waals surface area contributed by atoms with E-state index in [0.717, 1.165) is 48.7 Å². The van der Waals surface area contributed by atoms with Crippen molar-refractivity contribution in [3.63, 3.8) is 0 Å². The van der Waals surface area contributed by atoms with Gasteiger partial charge in [0.2, 0.25) is 5.91 Å². The van der Waals surface area contributed by atoms with E-state index in [1.165, 1.54) is 12.1 Å². The van der Waals surface area contributed by atoms with Crippen LogP contribution in [0, 0.1) is 29.0 Å². The fraction of sp³-hybridized carbons (Fsp3) is 0.652. The predicted molar refractivity (Wildman–Crippen MR) is 116 cm³/mol. The maximum atomic E-state index is 13.4. The number of carbonyl (C=O) groups excluding carboxylic acids is 2. The Morgan fingerprint density at radius 2 is 2.00 bits per heavy atom. The van der Waals surface area contributed by atoms with Crippen molar-refractivity contribution >= 4 is 27.7 Å². The van der Waals surface area contributed by atoms with E-state index in [9.17, 15) is 14.0 Å². The van der Waals surface area contributed by atoms with Crippen molar-refractivity contribution in [1.29, 1.82) is 0 Å². The number of halogens is 2. The van der Waals surface area contributed by atoms with Gasteiger partial charge in [-0.1, -0.05) is 22.0 Å². The molecule has 1 aromatic rings. The van der Waals surface area contributed by atoms with E-state index in [1.807, 2.05) is 0 Å². The van der Waals surface area contributed by atoms with E-state index >= 15 is 0 Å². The summed E-state index contributed by atoms with van der Waals surface area (Å²) in [5.74, 6) is 0.732. The molecule has 2 unspecified atom stereocenters. The maximum absolute atomic E-state index is 13.4. The summed E-state index contributed by atoms with van der Waals surface area (Å²) in [6.07, 6.45) is 4.16. The smallest absolute Gasteiger partial charge is 0.250 e. The molecule has 6 nitrogen and oxygen atoms in total. The lowest BCUT2D eigenvalue weighted by Crippen LogP contribution is -2.63. The van der Waals surface area contributed by atoms with Gasteiger partial charge < -0.3 is 15.8 Å². The number of morpholine rings is 1. The standard InChI is InChI=1S/C23H29BrFN3O3/c24-18-7-17(25)2-1-14(18)11-28-3-4-31-19(12-28)21(29)27-20-15-5-13-6-16(20)10-23(8-13,9-15)22(26)30/h1-2,7,13,15-16,19-20H,3-6,8-12H2,(H2,26,30)(H,27,29)/t13?,15?,16?,19-,20?,23?/m1/s1. The van der Waals surface area contributed by atoms with Crippen LogP contribution in [0.25, 0.3) is 0 Å². The molecule has 4 aliphatic carbocycles. The van der Waals surface area contributed by atoms with Crippen LogP contribution in [0.15, 0.2) is 22.7 Å². The quantitative estimate of drug-likeness (QED) is 0.659. The first-order valence-corrected chi connectivity index (χ1v) is 12.0. The van der Waals surface area contributed by atoms with Crippen LogP contribution in [0.4, 0.5) is 4.39 Å². The minimum absolute atomic E-state index is 0.0616. The number of benzene rings is 1. The maximum Gasteiger partial charge on any atom is 0.250 e. The summed E-state index contributed by atoms with van der Waals surface area (Å²) in [6, 6.07) is 4.80. The van der Waals surface area contributed by atoms with Gasteiger partial charge in [0.25, 0.3) is 5.91 Å². The monoisotopic (exact) mass is 493 g/mol. The van der Waals surface area contributed by atoms with Crippen molar-refractivity contribution < 1.29 is 18.7 Å². The van der Waals surface area contributed by atoms with E-state index in [4.69, 9.17) is 10.5 Å². The number of nitrogens with zero attached hydrogens (tertiary/aromatic N) is 1. The molecular weight excluding hydrogens is 465 g/mol. The summed E-state index contributed by atoms with van der Waals surface area (Å²) in [7, 11) is 0. The first-order chi connectivity index (χ1) is 14.8. The molecule has 6 rings (SSSR count). The van der Waals surface area contributed by atoms with Crippen molar-refractivity contribution in [2.45, 2.75) is 50.8 Å². The lowest BCUT2D eigenvalue weighted by atomic mass is 9.47. The minimum atomic E-state index is -0.518. The van der Waals surface area contributed by atoms with Gasteiger partial charge in [-0.15, -0.1) is 0 Å². The van der Waals surface area contributed by atoms with Gasteiger partial charge >= 0.3 is 0 Å². The average Bonchev–Trinajstić information content (AvgIpc) is 2.72. The van der Waals surface area contributed by atoms with E-state index in [1.54, 1.807) is 6.07 Å². The largest absolute Gasteiger partial charge is 0.369 e. The van der Waals surface area contributed by atoms with E-state index in [2.05, 4.69) is 26.1 Å². The van der Waals surface area contributed by atoms with Gasteiger partial charge in [-0.3, -0.25) is 14.5 Å². The molecule has 0 spiro atoms. The highest BCUT2D eigenvalue weighted by Gasteiger charge is 2.58. The molecule has 1 saturated heterocycles. The number of nitrogens with one attached hydrogen (secondary N) is 1. The number of amides is 2. The van der Waals surface area contributed by atoms with Crippen molar-refractivity contribution in [2.75, 3.05) is 19.7 Å². The fourth-order valence-electron chi connectivity index (χ4n) is 6.71. The van der Waals surface area contributed by atoms with Gasteiger partial charge in [-0.05, 0) is 67.6 Å². The summed E-state index contributed by atoms with van der Waals surface area (Å²) in [4.78, 5) is 27.4. The van der Waals surface area contributed by atoms with Crippen molar-refractivity contribution in [1.82, 2.24) is 10.2 Å². The Labute approximate surface area is 190 Å². The molecular formula is C23H29BrFN3O3. The number of primary amides is 1. The third kappa shape index (κ3) is 4.02. The highest BCUT2D eigenvalue weighted by atomic mass is 79.9. The summed E-state index contributed by atoms with van der Waals surface area (Å²) in [5.41, 5.74) is 6.41. The molecule has 3 N–H and O–H groups in total. The van der Waals surface area contributed by atoms with Crippen LogP contribution in [0.3, 0.4) is 0 Å². The van der Waals surface area contributed by atoms with Gasteiger partial charge in [0.15, 0.2) is 0 Å². The van der Waals surface area contributed by atoms with Crippen molar-refractivity contribution in [2.24, 2.45) is 28.9 Å². The molecule has 31 heavy (non-hydrogen) atoms. The molecule has 0 aromatic heterocycles. The molecule has 168 valence electrons. The molecule has 4 saturated carbocycles. The topological polar surface area (TPSA) is 84.7 Å². The van der Waals surface area contributed by atoms with Crippen LogP contribution in [0.1, 0.15) is 37.7 Å². The molecule has 4 bridgehead atoms. The second kappa shape index (κ2) is 8.12. The lowest BCUT2D eigenvalue weighted by molar-refractivity contribution is -0.151. The summed E-state index contributed by atoms with van der Waals surface area (Å²) < 4.78 is 19.9. The Morgan fingerprint density at radius 3 is 2.68 bits per heavy atom. The van der Waals surface area contributed by atoms with Crippen LogP contribution >= 0.6 is 15.9 Å². The Bertz CT molecular complexity index is 881. The molecule has 3 atom stereocenters.